The van der Waals surface area contributed by atoms with Crippen LogP contribution in [0.5, 0.6) is 11.5 Å². The van der Waals surface area contributed by atoms with E-state index in [1.54, 1.807) is 18.2 Å². The normalized spacial score (nSPS) is 31.0. The Morgan fingerprint density at radius 1 is 0.882 bits per heavy atom. The average molecular weight is 733 g/mol. The van der Waals surface area contributed by atoms with Gasteiger partial charge in [0, 0.05) is 37.2 Å². The largest absolute Gasteiger partial charge is 0.504 e. The monoisotopic (exact) mass is 731 g/mol. The van der Waals surface area contributed by atoms with Crippen LogP contribution in [0.25, 0.3) is 0 Å². The first-order valence-corrected chi connectivity index (χ1v) is 18.0. The Morgan fingerprint density at radius 2 is 1.59 bits per heavy atom. The number of methoxy groups -OCH3 is 1. The van der Waals surface area contributed by atoms with Gasteiger partial charge >= 0.3 is 0 Å². The van der Waals surface area contributed by atoms with E-state index in [1.807, 2.05) is 24.3 Å². The molecule has 3 aromatic rings. The molecule has 0 aromatic heterocycles. The SMILES string of the molecule is COc1cccc(C2C3=CCC4C(=O)N(C5CCN(Cc6ccccc6)CC5)C(=O)C4C3CC3(Cl)C(=O)N(c4ccc(F)cc4)C(=O)C23Cl)c1O. The fraction of sp³-hybridized carbons (Fsp3) is 0.385. The van der Waals surface area contributed by atoms with Crippen LogP contribution in [0.15, 0.2) is 84.4 Å². The van der Waals surface area contributed by atoms with E-state index in [1.165, 1.54) is 29.7 Å². The van der Waals surface area contributed by atoms with Crippen molar-refractivity contribution in [2.45, 2.75) is 53.9 Å². The van der Waals surface area contributed by atoms with Crippen LogP contribution in [-0.4, -0.2) is 74.5 Å². The molecule has 5 aliphatic rings. The zero-order valence-electron chi connectivity index (χ0n) is 27.8. The van der Waals surface area contributed by atoms with Crippen LogP contribution in [0.1, 0.15) is 42.7 Å². The first-order valence-electron chi connectivity index (χ1n) is 17.2. The number of fused-ring (bicyclic) bond motifs is 4. The quantitative estimate of drug-likeness (QED) is 0.195. The number of amides is 4. The molecule has 9 nitrogen and oxygen atoms in total. The van der Waals surface area contributed by atoms with Crippen LogP contribution in [0.4, 0.5) is 10.1 Å². The summed E-state index contributed by atoms with van der Waals surface area (Å²) in [6.45, 7) is 2.24. The number of ether oxygens (including phenoxy) is 1. The molecule has 4 fully saturated rings. The number of para-hydroxylation sites is 1. The van der Waals surface area contributed by atoms with E-state index in [2.05, 4.69) is 17.0 Å². The van der Waals surface area contributed by atoms with E-state index < -0.39 is 51.1 Å². The third-order valence-electron chi connectivity index (χ3n) is 11.7. The lowest BCUT2D eigenvalue weighted by molar-refractivity contribution is -0.144. The van der Waals surface area contributed by atoms with E-state index in [0.29, 0.717) is 18.4 Å². The highest BCUT2D eigenvalue weighted by atomic mass is 35.5. The molecular formula is C39H36Cl2FN3O6. The summed E-state index contributed by atoms with van der Waals surface area (Å²) in [7, 11) is 1.39. The average Bonchev–Trinajstić information content (AvgIpc) is 3.47. The van der Waals surface area contributed by atoms with Crippen LogP contribution in [0, 0.1) is 23.6 Å². The summed E-state index contributed by atoms with van der Waals surface area (Å²) in [6, 6.07) is 19.5. The number of nitrogens with zero attached hydrogens (tertiary/aromatic N) is 3. The zero-order chi connectivity index (χ0) is 35.8. The molecule has 0 radical (unpaired) electrons. The summed E-state index contributed by atoms with van der Waals surface area (Å²) in [5, 5.41) is 11.5. The van der Waals surface area contributed by atoms with Gasteiger partial charge in [-0.1, -0.05) is 54.1 Å². The third-order valence-corrected chi connectivity index (χ3v) is 13.1. The van der Waals surface area contributed by atoms with Crippen molar-refractivity contribution in [3.05, 3.63) is 101 Å². The molecular weight excluding hydrogens is 696 g/mol. The number of halogens is 3. The number of alkyl halides is 2. The number of imide groups is 2. The molecule has 3 saturated heterocycles. The third kappa shape index (κ3) is 4.97. The van der Waals surface area contributed by atoms with Crippen molar-refractivity contribution in [2.24, 2.45) is 17.8 Å². The Hall–Kier alpha value is -4.25. The summed E-state index contributed by atoms with van der Waals surface area (Å²) in [6.07, 6.45) is 3.14. The Morgan fingerprint density at radius 3 is 2.27 bits per heavy atom. The van der Waals surface area contributed by atoms with Gasteiger partial charge < -0.3 is 9.84 Å². The van der Waals surface area contributed by atoms with Crippen LogP contribution in [0.3, 0.4) is 0 Å². The molecule has 12 heteroatoms. The molecule has 1 N–H and O–H groups in total. The van der Waals surface area contributed by atoms with Gasteiger partial charge in [-0.05, 0) is 67.5 Å². The number of allylic oxidation sites excluding steroid dienone is 2. The van der Waals surface area contributed by atoms with Gasteiger partial charge in [-0.25, -0.2) is 9.29 Å². The van der Waals surface area contributed by atoms with Gasteiger partial charge in [-0.3, -0.25) is 29.0 Å². The number of anilines is 1. The van der Waals surface area contributed by atoms with Gasteiger partial charge in [-0.15, -0.1) is 23.2 Å². The van der Waals surface area contributed by atoms with Gasteiger partial charge in [0.05, 0.1) is 24.6 Å². The maximum absolute atomic E-state index is 14.6. The minimum atomic E-state index is -2.16. The van der Waals surface area contributed by atoms with E-state index in [9.17, 15) is 28.7 Å². The lowest BCUT2D eigenvalue weighted by Crippen LogP contribution is -2.60. The molecule has 8 rings (SSSR count). The van der Waals surface area contributed by atoms with Crippen molar-refractivity contribution < 1.29 is 33.4 Å². The van der Waals surface area contributed by atoms with Crippen molar-refractivity contribution in [3.63, 3.8) is 0 Å². The lowest BCUT2D eigenvalue weighted by atomic mass is 9.56. The highest BCUT2D eigenvalue weighted by molar-refractivity contribution is 6.58. The maximum atomic E-state index is 14.6. The van der Waals surface area contributed by atoms with Crippen molar-refractivity contribution in [3.8, 4) is 11.5 Å². The highest BCUT2D eigenvalue weighted by Gasteiger charge is 2.77. The molecule has 6 atom stereocenters. The second-order valence-corrected chi connectivity index (χ2v) is 15.4. The molecule has 1 saturated carbocycles. The second kappa shape index (κ2) is 12.5. The van der Waals surface area contributed by atoms with Crippen molar-refractivity contribution >= 4 is 52.5 Å². The first kappa shape index (κ1) is 33.9. The maximum Gasteiger partial charge on any atom is 0.258 e. The van der Waals surface area contributed by atoms with Gasteiger partial charge in [0.1, 0.15) is 5.82 Å². The smallest absolute Gasteiger partial charge is 0.258 e. The number of hydrogen-bond acceptors (Lipinski definition) is 7. The molecule has 51 heavy (non-hydrogen) atoms. The van der Waals surface area contributed by atoms with E-state index in [-0.39, 0.29) is 53.4 Å². The summed E-state index contributed by atoms with van der Waals surface area (Å²) < 4.78 is 19.3. The number of piperidine rings is 1. The van der Waals surface area contributed by atoms with Crippen LogP contribution in [-0.2, 0) is 25.7 Å². The van der Waals surface area contributed by atoms with E-state index in [0.717, 1.165) is 36.7 Å². The predicted molar refractivity (Wildman–Crippen MR) is 188 cm³/mol. The molecule has 2 aliphatic carbocycles. The number of carbonyl (C=O) groups excluding carboxylic acids is 4. The number of aromatic hydroxyl groups is 1. The Kier molecular flexibility index (Phi) is 8.27. The summed E-state index contributed by atoms with van der Waals surface area (Å²) in [5.41, 5.74) is 2.05. The fourth-order valence-corrected chi connectivity index (χ4v) is 10.2. The Labute approximate surface area is 304 Å². The number of hydrogen-bond donors (Lipinski definition) is 1. The fourth-order valence-electron chi connectivity index (χ4n) is 9.24. The minimum absolute atomic E-state index is 0.0844. The van der Waals surface area contributed by atoms with Gasteiger partial charge in [0.25, 0.3) is 11.8 Å². The van der Waals surface area contributed by atoms with Crippen molar-refractivity contribution in [1.82, 2.24) is 9.80 Å². The summed E-state index contributed by atoms with van der Waals surface area (Å²) >= 11 is 14.9. The van der Waals surface area contributed by atoms with Gasteiger partial charge in [0.2, 0.25) is 11.8 Å². The number of benzene rings is 3. The van der Waals surface area contributed by atoms with Crippen LogP contribution >= 0.6 is 23.2 Å². The van der Waals surface area contributed by atoms with E-state index in [4.69, 9.17) is 27.9 Å². The summed E-state index contributed by atoms with van der Waals surface area (Å²) in [5.74, 6) is -6.36. The molecule has 4 amide bonds. The topological polar surface area (TPSA) is 107 Å². The summed E-state index contributed by atoms with van der Waals surface area (Å²) in [4.78, 5) is 58.1. The van der Waals surface area contributed by atoms with Gasteiger partial charge in [-0.2, -0.15) is 0 Å². The van der Waals surface area contributed by atoms with Gasteiger partial charge in [0.15, 0.2) is 21.2 Å². The van der Waals surface area contributed by atoms with Crippen LogP contribution < -0.4 is 9.64 Å². The second-order valence-electron chi connectivity index (χ2n) is 14.2. The van der Waals surface area contributed by atoms with Crippen LogP contribution in [0.2, 0.25) is 0 Å². The molecule has 0 spiro atoms. The zero-order valence-corrected chi connectivity index (χ0v) is 29.3. The molecule has 264 valence electrons. The Balaban J connectivity index is 1.16. The predicted octanol–water partition coefficient (Wildman–Crippen LogP) is 5.77. The Bertz CT molecular complexity index is 1970. The van der Waals surface area contributed by atoms with E-state index >= 15 is 0 Å². The van der Waals surface area contributed by atoms with Crippen molar-refractivity contribution in [2.75, 3.05) is 25.1 Å². The molecule has 3 heterocycles. The first-order chi connectivity index (χ1) is 24.5. The number of carbonyl (C=O) groups is 4. The molecule has 3 aliphatic heterocycles. The lowest BCUT2D eigenvalue weighted by Gasteiger charge is -2.50. The number of phenols is 1. The number of rotatable bonds is 6. The number of phenolic OH excluding ortho intramolecular Hbond substituents is 1. The standard InChI is InChI=1S/C39H36Cl2FN3O6/c1-51-30-9-5-8-28(33(30)46)32-26-14-15-27-31(35(48)44(34(27)47)25-16-18-43(19-17-25)21-22-6-3-2-4-7-22)29(26)20-38(40)36(49)45(37(50)39(32,38)41)24-12-10-23(42)11-13-24/h2-14,25,27,29,31-32,46H,15-21H2,1H3. The molecule has 0 bridgehead atoms. The number of likely N-dealkylation sites (tertiary alicyclic amines) is 2. The molecule has 3 aromatic carbocycles. The molecule has 6 unspecified atom stereocenters. The minimum Gasteiger partial charge on any atom is -0.504 e. The van der Waals surface area contributed by atoms with Crippen molar-refractivity contribution in [1.29, 1.82) is 0 Å². The highest BCUT2D eigenvalue weighted by Crippen LogP contribution is 2.67.